The van der Waals surface area contributed by atoms with Gasteiger partial charge in [0.1, 0.15) is 0 Å². The Bertz CT molecular complexity index is 817. The second-order valence-corrected chi connectivity index (χ2v) is 6.02. The fraction of sp³-hybridized carbons (Fsp3) is 0.300. The molecule has 0 fully saturated rings. The molecule has 0 aliphatic heterocycles. The molecule has 6 heteroatoms. The molecule has 1 atom stereocenters. The van der Waals surface area contributed by atoms with Gasteiger partial charge in [-0.15, -0.1) is 0 Å². The molecule has 6 nitrogen and oxygen atoms in total. The van der Waals surface area contributed by atoms with E-state index in [1.807, 2.05) is 26.0 Å². The van der Waals surface area contributed by atoms with Crippen LogP contribution in [0.3, 0.4) is 0 Å². The predicted molar refractivity (Wildman–Crippen MR) is 101 cm³/mol. The molecular formula is C20H24N2O4. The minimum absolute atomic E-state index is 0.183. The van der Waals surface area contributed by atoms with Crippen LogP contribution in [0.2, 0.25) is 0 Å². The van der Waals surface area contributed by atoms with Gasteiger partial charge in [0.25, 0.3) is 5.91 Å². The van der Waals surface area contributed by atoms with E-state index >= 15 is 0 Å². The molecule has 138 valence electrons. The molecule has 0 aliphatic rings. The van der Waals surface area contributed by atoms with Crippen LogP contribution in [0, 0.1) is 6.92 Å². The van der Waals surface area contributed by atoms with Gasteiger partial charge in [0, 0.05) is 18.2 Å². The molecule has 2 rings (SSSR count). The summed E-state index contributed by atoms with van der Waals surface area (Å²) in [6.07, 6.45) is 0. The Labute approximate surface area is 153 Å². The van der Waals surface area contributed by atoms with Crippen molar-refractivity contribution in [2.45, 2.75) is 26.8 Å². The molecular weight excluding hydrogens is 332 g/mol. The Morgan fingerprint density at radius 1 is 1.04 bits per heavy atom. The quantitative estimate of drug-likeness (QED) is 0.831. The normalized spacial score (nSPS) is 11.4. The first-order chi connectivity index (χ1) is 12.3. The van der Waals surface area contributed by atoms with Crippen molar-refractivity contribution in [3.63, 3.8) is 0 Å². The van der Waals surface area contributed by atoms with Gasteiger partial charge < -0.3 is 20.1 Å². The molecule has 0 radical (unpaired) electrons. The van der Waals surface area contributed by atoms with E-state index in [4.69, 9.17) is 9.47 Å². The summed E-state index contributed by atoms with van der Waals surface area (Å²) in [6.45, 7) is 5.29. The lowest BCUT2D eigenvalue weighted by molar-refractivity contribution is -0.114. The van der Waals surface area contributed by atoms with Crippen LogP contribution in [0.4, 0.5) is 5.69 Å². The van der Waals surface area contributed by atoms with Crippen LogP contribution in [0.1, 0.15) is 41.4 Å². The van der Waals surface area contributed by atoms with Gasteiger partial charge in [-0.3, -0.25) is 9.59 Å². The van der Waals surface area contributed by atoms with Crippen molar-refractivity contribution in [1.29, 1.82) is 0 Å². The van der Waals surface area contributed by atoms with Gasteiger partial charge in [0.2, 0.25) is 5.91 Å². The van der Waals surface area contributed by atoms with Gasteiger partial charge in [-0.1, -0.05) is 6.07 Å². The van der Waals surface area contributed by atoms with E-state index < -0.39 is 0 Å². The Balaban J connectivity index is 2.20. The monoisotopic (exact) mass is 356 g/mol. The second-order valence-electron chi connectivity index (χ2n) is 6.02. The summed E-state index contributed by atoms with van der Waals surface area (Å²) in [5, 5.41) is 5.65. The zero-order chi connectivity index (χ0) is 19.3. The number of methoxy groups -OCH3 is 2. The second kappa shape index (κ2) is 8.38. The zero-order valence-electron chi connectivity index (χ0n) is 15.7. The number of nitrogens with one attached hydrogen (secondary N) is 2. The average molecular weight is 356 g/mol. The number of carbonyl (C=O) groups excluding carboxylic acids is 2. The number of ether oxygens (including phenoxy) is 2. The minimum Gasteiger partial charge on any atom is -0.493 e. The van der Waals surface area contributed by atoms with Crippen molar-refractivity contribution < 1.29 is 19.1 Å². The maximum absolute atomic E-state index is 12.6. The third-order valence-electron chi connectivity index (χ3n) is 4.03. The first kappa shape index (κ1) is 19.3. The summed E-state index contributed by atoms with van der Waals surface area (Å²) in [6, 6.07) is 10.3. The van der Waals surface area contributed by atoms with Crippen LogP contribution in [-0.4, -0.2) is 26.0 Å². The van der Waals surface area contributed by atoms with Crippen LogP contribution in [-0.2, 0) is 4.79 Å². The van der Waals surface area contributed by atoms with Gasteiger partial charge in [-0.25, -0.2) is 0 Å². The lowest BCUT2D eigenvalue weighted by Crippen LogP contribution is -2.27. The highest BCUT2D eigenvalue weighted by Crippen LogP contribution is 2.32. The number of amides is 2. The van der Waals surface area contributed by atoms with Crippen LogP contribution in [0.5, 0.6) is 11.5 Å². The Morgan fingerprint density at radius 3 is 2.31 bits per heavy atom. The fourth-order valence-corrected chi connectivity index (χ4v) is 2.76. The minimum atomic E-state index is -0.230. The summed E-state index contributed by atoms with van der Waals surface area (Å²) >= 11 is 0. The topological polar surface area (TPSA) is 76.7 Å². The predicted octanol–water partition coefficient (Wildman–Crippen LogP) is 3.46. The molecule has 0 heterocycles. The van der Waals surface area contributed by atoms with Crippen molar-refractivity contribution in [1.82, 2.24) is 5.32 Å². The number of carbonyl (C=O) groups is 2. The molecule has 2 amide bonds. The SMILES string of the molecule is COc1cc(C)c(C(C)NC(=O)c2cccc(NC(C)=O)c2)cc1OC. The summed E-state index contributed by atoms with van der Waals surface area (Å²) in [5.41, 5.74) is 2.98. The van der Waals surface area contributed by atoms with E-state index in [2.05, 4.69) is 10.6 Å². The molecule has 2 aromatic carbocycles. The molecule has 1 unspecified atom stereocenters. The Morgan fingerprint density at radius 2 is 1.69 bits per heavy atom. The molecule has 0 saturated heterocycles. The maximum Gasteiger partial charge on any atom is 0.251 e. The van der Waals surface area contributed by atoms with E-state index in [9.17, 15) is 9.59 Å². The Kier molecular flexibility index (Phi) is 6.22. The smallest absolute Gasteiger partial charge is 0.251 e. The summed E-state index contributed by atoms with van der Waals surface area (Å²) in [5.74, 6) is 0.855. The van der Waals surface area contributed by atoms with E-state index in [0.717, 1.165) is 11.1 Å². The standard InChI is InChI=1S/C20H24N2O4/c1-12-9-18(25-4)19(26-5)11-17(12)13(2)21-20(24)15-7-6-8-16(10-15)22-14(3)23/h6-11,13H,1-5H3,(H,21,24)(H,22,23). The Hall–Kier alpha value is -3.02. The van der Waals surface area contributed by atoms with Gasteiger partial charge in [0.05, 0.1) is 20.3 Å². The number of anilines is 1. The first-order valence-electron chi connectivity index (χ1n) is 8.26. The van der Waals surface area contributed by atoms with Crippen LogP contribution in [0.25, 0.3) is 0 Å². The molecule has 0 spiro atoms. The highest BCUT2D eigenvalue weighted by atomic mass is 16.5. The molecule has 0 bridgehead atoms. The van der Waals surface area contributed by atoms with Crippen molar-refractivity contribution >= 4 is 17.5 Å². The zero-order valence-corrected chi connectivity index (χ0v) is 15.7. The maximum atomic E-state index is 12.6. The van der Waals surface area contributed by atoms with E-state index in [-0.39, 0.29) is 17.9 Å². The first-order valence-corrected chi connectivity index (χ1v) is 8.26. The number of benzene rings is 2. The lowest BCUT2D eigenvalue weighted by Gasteiger charge is -2.19. The van der Waals surface area contributed by atoms with E-state index in [1.165, 1.54) is 6.92 Å². The van der Waals surface area contributed by atoms with Crippen LogP contribution < -0.4 is 20.1 Å². The molecule has 0 saturated carbocycles. The van der Waals surface area contributed by atoms with Gasteiger partial charge in [-0.2, -0.15) is 0 Å². The number of aryl methyl sites for hydroxylation is 1. The molecule has 2 aromatic rings. The summed E-state index contributed by atoms with van der Waals surface area (Å²) in [7, 11) is 3.16. The van der Waals surface area contributed by atoms with Gasteiger partial charge in [-0.05, 0) is 55.3 Å². The van der Waals surface area contributed by atoms with Gasteiger partial charge >= 0.3 is 0 Å². The molecule has 0 aromatic heterocycles. The summed E-state index contributed by atoms with van der Waals surface area (Å²) in [4.78, 5) is 23.7. The van der Waals surface area contributed by atoms with Crippen molar-refractivity contribution in [3.05, 3.63) is 53.1 Å². The van der Waals surface area contributed by atoms with Crippen LogP contribution in [0.15, 0.2) is 36.4 Å². The third-order valence-corrected chi connectivity index (χ3v) is 4.03. The van der Waals surface area contributed by atoms with E-state index in [1.54, 1.807) is 38.5 Å². The van der Waals surface area contributed by atoms with Crippen LogP contribution >= 0.6 is 0 Å². The number of hydrogen-bond acceptors (Lipinski definition) is 4. The number of hydrogen-bond donors (Lipinski definition) is 2. The number of rotatable bonds is 6. The molecule has 0 aliphatic carbocycles. The molecule has 2 N–H and O–H groups in total. The molecule has 26 heavy (non-hydrogen) atoms. The fourth-order valence-electron chi connectivity index (χ4n) is 2.76. The van der Waals surface area contributed by atoms with Crippen molar-refractivity contribution in [3.8, 4) is 11.5 Å². The summed E-state index contributed by atoms with van der Waals surface area (Å²) < 4.78 is 10.6. The van der Waals surface area contributed by atoms with Gasteiger partial charge in [0.15, 0.2) is 11.5 Å². The van der Waals surface area contributed by atoms with Crippen molar-refractivity contribution in [2.75, 3.05) is 19.5 Å². The third kappa shape index (κ3) is 4.53. The lowest BCUT2D eigenvalue weighted by atomic mass is 10.0. The highest BCUT2D eigenvalue weighted by molar-refractivity contribution is 5.97. The van der Waals surface area contributed by atoms with Crippen molar-refractivity contribution in [2.24, 2.45) is 0 Å². The average Bonchev–Trinajstić information content (AvgIpc) is 2.60. The highest BCUT2D eigenvalue weighted by Gasteiger charge is 2.17. The van der Waals surface area contributed by atoms with E-state index in [0.29, 0.717) is 22.7 Å². The largest absolute Gasteiger partial charge is 0.493 e.